The minimum absolute atomic E-state index is 0.208. The highest BCUT2D eigenvalue weighted by molar-refractivity contribution is 5.85. The summed E-state index contributed by atoms with van der Waals surface area (Å²) in [5.41, 5.74) is 2.51. The van der Waals surface area contributed by atoms with Crippen molar-refractivity contribution >= 4 is 16.5 Å². The maximum atomic E-state index is 5.66. The molecule has 3 rings (SSSR count). The number of fused-ring (bicyclic) bond motifs is 1. The Bertz CT molecular complexity index is 757. The molecule has 2 heteroatoms. The lowest BCUT2D eigenvalue weighted by Gasteiger charge is -2.11. The Morgan fingerprint density at radius 3 is 2.39 bits per heavy atom. The monoisotopic (exact) mass is 305 g/mol. The van der Waals surface area contributed by atoms with Gasteiger partial charge in [-0.05, 0) is 60.9 Å². The zero-order chi connectivity index (χ0) is 16.1. The van der Waals surface area contributed by atoms with Gasteiger partial charge in [0.05, 0.1) is 6.10 Å². The third-order valence-corrected chi connectivity index (χ3v) is 3.83. The zero-order valence-electron chi connectivity index (χ0n) is 13.8. The van der Waals surface area contributed by atoms with Gasteiger partial charge in [-0.1, -0.05) is 42.5 Å². The molecular weight excluding hydrogens is 282 g/mol. The van der Waals surface area contributed by atoms with Crippen LogP contribution in [0.2, 0.25) is 0 Å². The fourth-order valence-corrected chi connectivity index (χ4v) is 2.78. The van der Waals surface area contributed by atoms with Crippen LogP contribution in [0.3, 0.4) is 0 Å². The van der Waals surface area contributed by atoms with Gasteiger partial charge in [0.25, 0.3) is 0 Å². The van der Waals surface area contributed by atoms with Crippen molar-refractivity contribution in [2.45, 2.75) is 26.4 Å². The van der Waals surface area contributed by atoms with Crippen LogP contribution in [0.1, 0.15) is 19.4 Å². The molecule has 0 heterocycles. The van der Waals surface area contributed by atoms with Crippen LogP contribution in [0, 0.1) is 0 Å². The number of hydrogen-bond donors (Lipinski definition) is 1. The van der Waals surface area contributed by atoms with Crippen LogP contribution in [0.15, 0.2) is 66.7 Å². The van der Waals surface area contributed by atoms with Gasteiger partial charge in [-0.25, -0.2) is 0 Å². The molecule has 1 N–H and O–H groups in total. The van der Waals surface area contributed by atoms with E-state index in [4.69, 9.17) is 4.74 Å². The first-order chi connectivity index (χ1) is 11.2. The molecule has 0 aliphatic carbocycles. The third-order valence-electron chi connectivity index (χ3n) is 3.83. The van der Waals surface area contributed by atoms with E-state index in [1.807, 2.05) is 26.0 Å². The summed E-state index contributed by atoms with van der Waals surface area (Å²) < 4.78 is 5.66. The normalized spacial score (nSPS) is 10.9. The Hall–Kier alpha value is -2.48. The Kier molecular flexibility index (Phi) is 4.82. The Morgan fingerprint density at radius 1 is 0.870 bits per heavy atom. The Morgan fingerprint density at radius 2 is 1.61 bits per heavy atom. The first-order valence-electron chi connectivity index (χ1n) is 8.19. The van der Waals surface area contributed by atoms with Crippen molar-refractivity contribution in [1.29, 1.82) is 0 Å². The predicted octanol–water partition coefficient (Wildman–Crippen LogP) is 5.28. The molecule has 0 fully saturated rings. The SMILES string of the molecule is CC(C)Oc1ccc(NCCc2cccc3ccccc23)cc1. The van der Waals surface area contributed by atoms with Gasteiger partial charge in [0.15, 0.2) is 0 Å². The number of anilines is 1. The van der Waals surface area contributed by atoms with Crippen LogP contribution in [-0.4, -0.2) is 12.6 Å². The molecule has 0 aliphatic rings. The van der Waals surface area contributed by atoms with Crippen LogP contribution >= 0.6 is 0 Å². The lowest BCUT2D eigenvalue weighted by atomic mass is 10.0. The number of benzene rings is 3. The van der Waals surface area contributed by atoms with E-state index in [9.17, 15) is 0 Å². The molecule has 0 radical (unpaired) electrons. The molecule has 0 saturated heterocycles. The molecule has 23 heavy (non-hydrogen) atoms. The summed E-state index contributed by atoms with van der Waals surface area (Å²) in [6.45, 7) is 4.99. The average molecular weight is 305 g/mol. The average Bonchev–Trinajstić information content (AvgIpc) is 2.56. The van der Waals surface area contributed by atoms with Crippen molar-refractivity contribution in [3.63, 3.8) is 0 Å². The molecule has 0 bridgehead atoms. The zero-order valence-corrected chi connectivity index (χ0v) is 13.8. The fraction of sp³-hybridized carbons (Fsp3) is 0.238. The number of nitrogens with one attached hydrogen (secondary N) is 1. The minimum atomic E-state index is 0.208. The molecular formula is C21H23NO. The van der Waals surface area contributed by atoms with Crippen LogP contribution in [0.5, 0.6) is 5.75 Å². The van der Waals surface area contributed by atoms with Gasteiger partial charge >= 0.3 is 0 Å². The summed E-state index contributed by atoms with van der Waals surface area (Å²) in [4.78, 5) is 0. The number of ether oxygens (including phenoxy) is 1. The van der Waals surface area contributed by atoms with Crippen LogP contribution in [-0.2, 0) is 6.42 Å². The van der Waals surface area contributed by atoms with E-state index in [-0.39, 0.29) is 6.10 Å². The highest BCUT2D eigenvalue weighted by atomic mass is 16.5. The first kappa shape index (κ1) is 15.4. The van der Waals surface area contributed by atoms with Crippen molar-refractivity contribution in [1.82, 2.24) is 0 Å². The molecule has 2 nitrogen and oxygen atoms in total. The summed E-state index contributed by atoms with van der Waals surface area (Å²) >= 11 is 0. The second kappa shape index (κ2) is 7.19. The van der Waals surface area contributed by atoms with Gasteiger partial charge in [-0.2, -0.15) is 0 Å². The van der Waals surface area contributed by atoms with Gasteiger partial charge < -0.3 is 10.1 Å². The highest BCUT2D eigenvalue weighted by Gasteiger charge is 2.01. The summed E-state index contributed by atoms with van der Waals surface area (Å²) in [6.07, 6.45) is 1.21. The quantitative estimate of drug-likeness (QED) is 0.669. The Balaban J connectivity index is 1.60. The maximum Gasteiger partial charge on any atom is 0.119 e. The van der Waals surface area contributed by atoms with Crippen molar-refractivity contribution in [2.24, 2.45) is 0 Å². The second-order valence-corrected chi connectivity index (χ2v) is 6.01. The first-order valence-corrected chi connectivity index (χ1v) is 8.19. The number of hydrogen-bond acceptors (Lipinski definition) is 2. The Labute approximate surface area is 138 Å². The van der Waals surface area contributed by atoms with Gasteiger partial charge in [-0.3, -0.25) is 0 Å². The molecule has 0 amide bonds. The van der Waals surface area contributed by atoms with Gasteiger partial charge in [0, 0.05) is 12.2 Å². The minimum Gasteiger partial charge on any atom is -0.491 e. The van der Waals surface area contributed by atoms with E-state index >= 15 is 0 Å². The van der Waals surface area contributed by atoms with Crippen molar-refractivity contribution < 1.29 is 4.74 Å². The summed E-state index contributed by atoms with van der Waals surface area (Å²) in [5.74, 6) is 0.916. The van der Waals surface area contributed by atoms with Crippen molar-refractivity contribution in [3.8, 4) is 5.75 Å². The van der Waals surface area contributed by atoms with Gasteiger partial charge in [-0.15, -0.1) is 0 Å². The van der Waals surface area contributed by atoms with Crippen molar-refractivity contribution in [2.75, 3.05) is 11.9 Å². The van der Waals surface area contributed by atoms with E-state index in [0.717, 1.165) is 24.4 Å². The largest absolute Gasteiger partial charge is 0.491 e. The topological polar surface area (TPSA) is 21.3 Å². The van der Waals surface area contributed by atoms with E-state index < -0.39 is 0 Å². The van der Waals surface area contributed by atoms with E-state index in [0.29, 0.717) is 0 Å². The van der Waals surface area contributed by atoms with Crippen LogP contribution < -0.4 is 10.1 Å². The summed E-state index contributed by atoms with van der Waals surface area (Å²) in [6, 6.07) is 23.2. The van der Waals surface area contributed by atoms with Gasteiger partial charge in [0.2, 0.25) is 0 Å². The maximum absolute atomic E-state index is 5.66. The standard InChI is InChI=1S/C21H23NO/c1-16(2)23-20-12-10-19(11-13-20)22-15-14-18-8-5-7-17-6-3-4-9-21(17)18/h3-13,16,22H,14-15H2,1-2H3. The van der Waals surface area contributed by atoms with Crippen molar-refractivity contribution in [3.05, 3.63) is 72.3 Å². The number of rotatable bonds is 6. The van der Waals surface area contributed by atoms with Crippen LogP contribution in [0.25, 0.3) is 10.8 Å². The van der Waals surface area contributed by atoms with E-state index in [1.165, 1.54) is 16.3 Å². The molecule has 3 aromatic carbocycles. The van der Waals surface area contributed by atoms with Crippen LogP contribution in [0.4, 0.5) is 5.69 Å². The molecule has 3 aromatic rings. The molecule has 0 aliphatic heterocycles. The van der Waals surface area contributed by atoms with E-state index in [2.05, 4.69) is 59.9 Å². The molecule has 0 spiro atoms. The lowest BCUT2D eigenvalue weighted by Crippen LogP contribution is -2.07. The lowest BCUT2D eigenvalue weighted by molar-refractivity contribution is 0.242. The molecule has 0 unspecified atom stereocenters. The molecule has 118 valence electrons. The molecule has 0 aromatic heterocycles. The molecule has 0 saturated carbocycles. The third kappa shape index (κ3) is 4.04. The fourth-order valence-electron chi connectivity index (χ4n) is 2.78. The summed E-state index contributed by atoms with van der Waals surface area (Å²) in [5, 5.41) is 6.13. The summed E-state index contributed by atoms with van der Waals surface area (Å²) in [7, 11) is 0. The smallest absolute Gasteiger partial charge is 0.119 e. The predicted molar refractivity (Wildman–Crippen MR) is 98.3 cm³/mol. The second-order valence-electron chi connectivity index (χ2n) is 6.01. The molecule has 0 atom stereocenters. The van der Waals surface area contributed by atoms with Gasteiger partial charge in [0.1, 0.15) is 5.75 Å². The highest BCUT2D eigenvalue weighted by Crippen LogP contribution is 2.20. The van der Waals surface area contributed by atoms with E-state index in [1.54, 1.807) is 0 Å².